The lowest BCUT2D eigenvalue weighted by molar-refractivity contribution is -0.128. The Hall–Kier alpha value is -3.18. The van der Waals surface area contributed by atoms with E-state index >= 15 is 0 Å². The SMILES string of the molecule is CCOC(=O)c1ccc(NC(=O)CC2SC(=Nc3ccc(OC(F)(F)Cl)cc3)N(CC)C2=O)cc1. The first kappa shape index (κ1) is 26.4. The number of aliphatic imine (C=N–C) groups is 1. The Kier molecular flexibility index (Phi) is 8.68. The predicted octanol–water partition coefficient (Wildman–Crippen LogP) is 5.01. The van der Waals surface area contributed by atoms with Gasteiger partial charge in [-0.25, -0.2) is 9.79 Å². The molecule has 8 nitrogen and oxygen atoms in total. The lowest BCUT2D eigenvalue weighted by atomic mass is 10.2. The number of carbonyl (C=O) groups is 3. The first-order chi connectivity index (χ1) is 16.6. The van der Waals surface area contributed by atoms with E-state index in [2.05, 4.69) is 15.0 Å². The van der Waals surface area contributed by atoms with E-state index in [1.54, 1.807) is 26.0 Å². The normalized spacial score (nSPS) is 16.9. The number of hydrogen-bond acceptors (Lipinski definition) is 7. The molecule has 1 fully saturated rings. The van der Waals surface area contributed by atoms with Crippen LogP contribution in [0.4, 0.5) is 20.2 Å². The number of amides is 2. The second kappa shape index (κ2) is 11.5. The Bertz CT molecular complexity index is 1110. The molecule has 1 atom stereocenters. The van der Waals surface area contributed by atoms with Gasteiger partial charge in [0.25, 0.3) is 0 Å². The number of esters is 1. The third-order valence-electron chi connectivity index (χ3n) is 4.68. The highest BCUT2D eigenvalue weighted by Gasteiger charge is 2.38. The molecule has 1 heterocycles. The molecule has 0 bridgehead atoms. The largest absolute Gasteiger partial charge is 0.487 e. The number of anilines is 1. The van der Waals surface area contributed by atoms with Gasteiger partial charge in [-0.05, 0) is 62.4 Å². The molecule has 1 aliphatic rings. The van der Waals surface area contributed by atoms with Crippen molar-refractivity contribution in [3.63, 3.8) is 0 Å². The minimum absolute atomic E-state index is 0.0871. The molecule has 1 unspecified atom stereocenters. The highest BCUT2D eigenvalue weighted by Crippen LogP contribution is 2.33. The van der Waals surface area contributed by atoms with Crippen molar-refractivity contribution >= 4 is 57.7 Å². The summed E-state index contributed by atoms with van der Waals surface area (Å²) in [5.41, 5.74) is -2.57. The molecule has 186 valence electrons. The van der Waals surface area contributed by atoms with Gasteiger partial charge in [0.2, 0.25) is 11.8 Å². The quantitative estimate of drug-likeness (QED) is 0.365. The van der Waals surface area contributed by atoms with Gasteiger partial charge in [0.05, 0.1) is 17.9 Å². The number of rotatable bonds is 9. The number of hydrogen-bond donors (Lipinski definition) is 1. The van der Waals surface area contributed by atoms with Crippen molar-refractivity contribution < 1.29 is 32.6 Å². The molecule has 12 heteroatoms. The zero-order valence-corrected chi connectivity index (χ0v) is 20.4. The molecule has 0 radical (unpaired) electrons. The molecular formula is C23H22ClF2N3O5S. The van der Waals surface area contributed by atoms with Gasteiger partial charge in [-0.3, -0.25) is 14.5 Å². The van der Waals surface area contributed by atoms with Crippen LogP contribution in [-0.4, -0.2) is 51.8 Å². The van der Waals surface area contributed by atoms with Crippen LogP contribution in [0, 0.1) is 0 Å². The number of halogens is 3. The molecule has 35 heavy (non-hydrogen) atoms. The highest BCUT2D eigenvalue weighted by molar-refractivity contribution is 8.15. The Morgan fingerprint density at radius 1 is 1.14 bits per heavy atom. The van der Waals surface area contributed by atoms with Gasteiger partial charge in [0.15, 0.2) is 5.17 Å². The molecule has 1 saturated heterocycles. The van der Waals surface area contributed by atoms with Crippen molar-refractivity contribution in [2.75, 3.05) is 18.5 Å². The molecule has 2 aromatic carbocycles. The molecule has 3 rings (SSSR count). The minimum atomic E-state index is -3.82. The number of nitrogens with one attached hydrogen (secondary N) is 1. The van der Waals surface area contributed by atoms with E-state index in [0.29, 0.717) is 28.7 Å². The van der Waals surface area contributed by atoms with E-state index in [0.717, 1.165) is 11.8 Å². The summed E-state index contributed by atoms with van der Waals surface area (Å²) in [5.74, 6) is -1.23. The summed E-state index contributed by atoms with van der Waals surface area (Å²) in [6.45, 7) is 4.10. The van der Waals surface area contributed by atoms with E-state index < -0.39 is 16.8 Å². The Labute approximate surface area is 209 Å². The second-order valence-corrected chi connectivity index (χ2v) is 8.79. The van der Waals surface area contributed by atoms with Crippen LogP contribution in [0.2, 0.25) is 0 Å². The van der Waals surface area contributed by atoms with E-state index in [4.69, 9.17) is 16.3 Å². The lowest BCUT2D eigenvalue weighted by Gasteiger charge is -2.13. The van der Waals surface area contributed by atoms with Gasteiger partial charge in [-0.15, -0.1) is 8.78 Å². The van der Waals surface area contributed by atoms with E-state index in [1.807, 2.05) is 0 Å². The molecule has 0 aliphatic carbocycles. The van der Waals surface area contributed by atoms with Crippen LogP contribution >= 0.6 is 23.4 Å². The van der Waals surface area contributed by atoms with Gasteiger partial charge < -0.3 is 14.8 Å². The number of alkyl halides is 3. The summed E-state index contributed by atoms with van der Waals surface area (Å²) in [5, 5.41) is 2.43. The van der Waals surface area contributed by atoms with Crippen molar-refractivity contribution in [1.82, 2.24) is 4.90 Å². The molecule has 2 amide bonds. The summed E-state index contributed by atoms with van der Waals surface area (Å²) in [7, 11) is 0. The fourth-order valence-corrected chi connectivity index (χ4v) is 4.44. The Balaban J connectivity index is 1.63. The maximum absolute atomic E-state index is 12.8. The van der Waals surface area contributed by atoms with Gasteiger partial charge in [-0.2, -0.15) is 0 Å². The molecular weight excluding hydrogens is 504 g/mol. The van der Waals surface area contributed by atoms with Gasteiger partial charge in [-0.1, -0.05) is 11.8 Å². The van der Waals surface area contributed by atoms with E-state index in [-0.39, 0.29) is 30.6 Å². The summed E-state index contributed by atoms with van der Waals surface area (Å²) >= 11 is 5.90. The number of amidine groups is 1. The standard InChI is InChI=1S/C23H22ClF2N3O5S/c1-3-29-20(31)18(13-19(30)27-15-7-5-14(6-8-15)21(32)33-4-2)35-22(29)28-16-9-11-17(12-10-16)34-23(24,25)26/h5-12,18H,3-4,13H2,1-2H3,(H,27,30). The number of thioether (sulfide) groups is 1. The topological polar surface area (TPSA) is 97.3 Å². The number of carbonyl (C=O) groups excluding carboxylic acids is 3. The van der Waals surface area contributed by atoms with Crippen molar-refractivity contribution in [3.8, 4) is 5.75 Å². The van der Waals surface area contributed by atoms with Crippen LogP contribution in [0.15, 0.2) is 53.5 Å². The average Bonchev–Trinajstić information content (AvgIpc) is 3.08. The zero-order valence-electron chi connectivity index (χ0n) is 18.8. The molecule has 2 aromatic rings. The fourth-order valence-electron chi connectivity index (χ4n) is 3.13. The van der Waals surface area contributed by atoms with Gasteiger partial charge >= 0.3 is 11.5 Å². The van der Waals surface area contributed by atoms with Crippen LogP contribution in [0.3, 0.4) is 0 Å². The summed E-state index contributed by atoms with van der Waals surface area (Å²) in [6, 6.07) is 11.7. The van der Waals surface area contributed by atoms with Gasteiger partial charge in [0, 0.05) is 30.3 Å². The first-order valence-electron chi connectivity index (χ1n) is 10.6. The van der Waals surface area contributed by atoms with Crippen molar-refractivity contribution in [2.45, 2.75) is 31.1 Å². The van der Waals surface area contributed by atoms with Crippen LogP contribution in [0.1, 0.15) is 30.6 Å². The molecule has 1 N–H and O–H groups in total. The molecule has 1 aliphatic heterocycles. The van der Waals surface area contributed by atoms with E-state index in [1.165, 1.54) is 41.3 Å². The van der Waals surface area contributed by atoms with Crippen molar-refractivity contribution in [2.24, 2.45) is 4.99 Å². The third kappa shape index (κ3) is 7.40. The Morgan fingerprint density at radius 3 is 2.37 bits per heavy atom. The molecule has 0 spiro atoms. The molecule has 0 saturated carbocycles. The smallest absolute Gasteiger partial charge is 0.462 e. The van der Waals surface area contributed by atoms with Crippen LogP contribution < -0.4 is 10.1 Å². The maximum Gasteiger partial charge on any atom is 0.487 e. The summed E-state index contributed by atoms with van der Waals surface area (Å²) in [6.07, 6.45) is -0.0871. The number of nitrogens with zero attached hydrogens (tertiary/aromatic N) is 2. The maximum atomic E-state index is 12.8. The third-order valence-corrected chi connectivity index (χ3v) is 5.93. The van der Waals surface area contributed by atoms with Crippen LogP contribution in [-0.2, 0) is 14.3 Å². The van der Waals surface area contributed by atoms with Crippen LogP contribution in [0.5, 0.6) is 5.75 Å². The lowest BCUT2D eigenvalue weighted by Crippen LogP contribution is -2.33. The van der Waals surface area contributed by atoms with Crippen molar-refractivity contribution in [1.29, 1.82) is 0 Å². The second-order valence-electron chi connectivity index (χ2n) is 7.18. The Morgan fingerprint density at radius 2 is 1.80 bits per heavy atom. The number of ether oxygens (including phenoxy) is 2. The van der Waals surface area contributed by atoms with Gasteiger partial charge in [0.1, 0.15) is 11.0 Å². The minimum Gasteiger partial charge on any atom is -0.462 e. The summed E-state index contributed by atoms with van der Waals surface area (Å²) in [4.78, 5) is 42.9. The molecule has 0 aromatic heterocycles. The fraction of sp³-hybridized carbons (Fsp3) is 0.304. The zero-order chi connectivity index (χ0) is 25.6. The van der Waals surface area contributed by atoms with Crippen LogP contribution in [0.25, 0.3) is 0 Å². The van der Waals surface area contributed by atoms with E-state index in [9.17, 15) is 23.2 Å². The number of benzene rings is 2. The first-order valence-corrected chi connectivity index (χ1v) is 11.8. The highest BCUT2D eigenvalue weighted by atomic mass is 35.5. The monoisotopic (exact) mass is 525 g/mol. The predicted molar refractivity (Wildman–Crippen MR) is 129 cm³/mol. The van der Waals surface area contributed by atoms with Crippen molar-refractivity contribution in [3.05, 3.63) is 54.1 Å². The summed E-state index contributed by atoms with van der Waals surface area (Å²) < 4.78 is 34.7. The average molecular weight is 526 g/mol.